The van der Waals surface area contributed by atoms with Crippen molar-refractivity contribution in [3.63, 3.8) is 0 Å². The molecule has 0 fully saturated rings. The van der Waals surface area contributed by atoms with Crippen LogP contribution in [0.3, 0.4) is 0 Å². The number of H-pyrrole nitrogens is 2. The number of fused-ring (bicyclic) bond motifs is 1. The molecule has 0 amide bonds. The number of aliphatic imine (C=N–C) groups is 1. The summed E-state index contributed by atoms with van der Waals surface area (Å²) in [7, 11) is 1.64. The average Bonchev–Trinajstić information content (AvgIpc) is 3.21. The van der Waals surface area contributed by atoms with Crippen LogP contribution in [0.1, 0.15) is 22.8 Å². The van der Waals surface area contributed by atoms with Gasteiger partial charge in [0.1, 0.15) is 17.2 Å². The topological polar surface area (TPSA) is 132 Å². The second kappa shape index (κ2) is 8.97. The second-order valence-corrected chi connectivity index (χ2v) is 8.25. The number of benzene rings is 2. The number of rotatable bonds is 6. The van der Waals surface area contributed by atoms with Crippen LogP contribution >= 0.6 is 15.9 Å². The molecule has 8 nitrogen and oxygen atoms in total. The van der Waals surface area contributed by atoms with E-state index >= 15 is 0 Å². The Bertz CT molecular complexity index is 1370. The number of anilines is 1. The minimum atomic E-state index is -0.769. The minimum absolute atomic E-state index is 0.214. The Balaban J connectivity index is 1.70. The fourth-order valence-electron chi connectivity index (χ4n) is 3.61. The van der Waals surface area contributed by atoms with Crippen molar-refractivity contribution >= 4 is 38.5 Å². The SMILES string of the molecule is CN=C(N)c1cc(C)c2nc(-c3c(NCC(O)c4ccccc4Br)cc[nH]c3=O)[nH]c2c1. The zero-order valence-corrected chi connectivity index (χ0v) is 19.2. The molecule has 0 aliphatic rings. The van der Waals surface area contributed by atoms with Gasteiger partial charge in [0.2, 0.25) is 0 Å². The van der Waals surface area contributed by atoms with Crippen molar-refractivity contribution in [2.24, 2.45) is 10.7 Å². The van der Waals surface area contributed by atoms with Gasteiger partial charge in [-0.1, -0.05) is 34.1 Å². The second-order valence-electron chi connectivity index (χ2n) is 7.40. The fourth-order valence-corrected chi connectivity index (χ4v) is 4.16. The molecule has 2 aromatic carbocycles. The van der Waals surface area contributed by atoms with E-state index < -0.39 is 6.10 Å². The van der Waals surface area contributed by atoms with Gasteiger partial charge in [0, 0.05) is 29.8 Å². The van der Waals surface area contributed by atoms with Crippen molar-refractivity contribution in [1.82, 2.24) is 15.0 Å². The fraction of sp³-hybridized carbons (Fsp3) is 0.174. The maximum absolute atomic E-state index is 12.7. The van der Waals surface area contributed by atoms with Gasteiger partial charge in [-0.2, -0.15) is 0 Å². The lowest BCUT2D eigenvalue weighted by Gasteiger charge is -2.16. The van der Waals surface area contributed by atoms with E-state index in [-0.39, 0.29) is 12.1 Å². The van der Waals surface area contributed by atoms with Gasteiger partial charge in [0.05, 0.1) is 22.8 Å². The number of imidazole rings is 1. The Morgan fingerprint density at radius 1 is 1.31 bits per heavy atom. The molecular weight excluding hydrogens is 472 g/mol. The first-order valence-corrected chi connectivity index (χ1v) is 10.8. The molecule has 2 heterocycles. The van der Waals surface area contributed by atoms with E-state index in [2.05, 4.69) is 41.2 Å². The number of halogens is 1. The molecule has 4 rings (SSSR count). The van der Waals surface area contributed by atoms with Gasteiger partial charge >= 0.3 is 0 Å². The standard InChI is InChI=1S/C23H23BrN6O2/c1-12-9-13(21(25)26-2)10-17-20(12)30-22(29-17)19-16(7-8-27-23(19)32)28-11-18(31)14-5-3-4-6-15(14)24/h3-10,18,31H,11H2,1-2H3,(H2,25,26)(H,29,30)(H2,27,28,32). The van der Waals surface area contributed by atoms with Crippen LogP contribution in [0, 0.1) is 6.92 Å². The van der Waals surface area contributed by atoms with E-state index in [1.54, 1.807) is 19.3 Å². The molecule has 0 aliphatic heterocycles. The van der Waals surface area contributed by atoms with Gasteiger partial charge in [-0.05, 0) is 42.3 Å². The number of pyridine rings is 1. The monoisotopic (exact) mass is 494 g/mol. The van der Waals surface area contributed by atoms with Crippen LogP contribution in [0.5, 0.6) is 0 Å². The third kappa shape index (κ3) is 4.17. The molecular formula is C23H23BrN6O2. The molecule has 0 bridgehead atoms. The van der Waals surface area contributed by atoms with Crippen LogP contribution in [0.25, 0.3) is 22.4 Å². The summed E-state index contributed by atoms with van der Waals surface area (Å²) in [5.74, 6) is 0.846. The third-order valence-corrected chi connectivity index (χ3v) is 5.98. The normalized spacial score (nSPS) is 12.8. The maximum atomic E-state index is 12.7. The molecule has 32 heavy (non-hydrogen) atoms. The van der Waals surface area contributed by atoms with E-state index in [1.165, 1.54) is 0 Å². The van der Waals surface area contributed by atoms with E-state index in [0.717, 1.165) is 32.2 Å². The molecule has 0 saturated carbocycles. The molecule has 0 aliphatic carbocycles. The summed E-state index contributed by atoms with van der Waals surface area (Å²) in [5, 5.41) is 13.8. The number of aryl methyl sites for hydroxylation is 1. The number of amidine groups is 1. The number of aromatic nitrogens is 3. The Labute approximate surface area is 192 Å². The molecule has 4 aromatic rings. The zero-order chi connectivity index (χ0) is 22.8. The van der Waals surface area contributed by atoms with E-state index in [0.29, 0.717) is 22.9 Å². The van der Waals surface area contributed by atoms with Crippen molar-refractivity contribution in [3.05, 3.63) is 80.2 Å². The highest BCUT2D eigenvalue weighted by Crippen LogP contribution is 2.28. The molecule has 1 unspecified atom stereocenters. The summed E-state index contributed by atoms with van der Waals surface area (Å²) in [6.07, 6.45) is 0.790. The lowest BCUT2D eigenvalue weighted by molar-refractivity contribution is 0.191. The third-order valence-electron chi connectivity index (χ3n) is 5.26. The first-order valence-electron chi connectivity index (χ1n) is 10.0. The van der Waals surface area contributed by atoms with Crippen LogP contribution in [-0.2, 0) is 0 Å². The maximum Gasteiger partial charge on any atom is 0.261 e. The van der Waals surface area contributed by atoms with Gasteiger partial charge in [0.25, 0.3) is 5.56 Å². The lowest BCUT2D eigenvalue weighted by atomic mass is 10.1. The first-order chi connectivity index (χ1) is 15.4. The van der Waals surface area contributed by atoms with Gasteiger partial charge in [0.15, 0.2) is 0 Å². The minimum Gasteiger partial charge on any atom is -0.387 e. The first kappa shape index (κ1) is 21.8. The summed E-state index contributed by atoms with van der Waals surface area (Å²) >= 11 is 3.46. The lowest BCUT2D eigenvalue weighted by Crippen LogP contribution is -2.17. The summed E-state index contributed by atoms with van der Waals surface area (Å²) in [5.41, 5.74) is 10.6. The van der Waals surface area contributed by atoms with E-state index in [1.807, 2.05) is 43.3 Å². The predicted octanol–water partition coefficient (Wildman–Crippen LogP) is 3.47. The molecule has 6 N–H and O–H groups in total. The number of nitrogens with zero attached hydrogens (tertiary/aromatic N) is 2. The summed E-state index contributed by atoms with van der Waals surface area (Å²) in [6, 6.07) is 13.0. The van der Waals surface area contributed by atoms with Gasteiger partial charge in [-0.3, -0.25) is 9.79 Å². The number of hydrogen-bond acceptors (Lipinski definition) is 5. The van der Waals surface area contributed by atoms with Crippen molar-refractivity contribution in [1.29, 1.82) is 0 Å². The van der Waals surface area contributed by atoms with E-state index in [9.17, 15) is 9.90 Å². The highest BCUT2D eigenvalue weighted by molar-refractivity contribution is 9.10. The average molecular weight is 495 g/mol. The van der Waals surface area contributed by atoms with E-state index in [4.69, 9.17) is 5.73 Å². The number of nitrogens with one attached hydrogen (secondary N) is 3. The van der Waals surface area contributed by atoms with Crippen molar-refractivity contribution < 1.29 is 5.11 Å². The number of aliphatic hydroxyl groups is 1. The number of aromatic amines is 2. The van der Waals surface area contributed by atoms with Gasteiger partial charge < -0.3 is 26.1 Å². The van der Waals surface area contributed by atoms with Crippen LogP contribution in [-0.4, -0.2) is 39.5 Å². The molecule has 2 aromatic heterocycles. The largest absolute Gasteiger partial charge is 0.387 e. The summed E-state index contributed by atoms with van der Waals surface area (Å²) in [6.45, 7) is 2.15. The molecule has 9 heteroatoms. The number of hydrogen-bond donors (Lipinski definition) is 5. The molecule has 0 spiro atoms. The van der Waals surface area contributed by atoms with Crippen LogP contribution in [0.2, 0.25) is 0 Å². The highest BCUT2D eigenvalue weighted by Gasteiger charge is 2.18. The van der Waals surface area contributed by atoms with Crippen LogP contribution < -0.4 is 16.6 Å². The Morgan fingerprint density at radius 2 is 2.09 bits per heavy atom. The Kier molecular flexibility index (Phi) is 6.11. The van der Waals surface area contributed by atoms with Crippen molar-refractivity contribution in [2.75, 3.05) is 18.9 Å². The number of nitrogens with two attached hydrogens (primary N) is 1. The van der Waals surface area contributed by atoms with Crippen LogP contribution in [0.4, 0.5) is 5.69 Å². The van der Waals surface area contributed by atoms with Crippen molar-refractivity contribution in [2.45, 2.75) is 13.0 Å². The highest BCUT2D eigenvalue weighted by atomic mass is 79.9. The molecule has 1 atom stereocenters. The Morgan fingerprint density at radius 3 is 2.84 bits per heavy atom. The van der Waals surface area contributed by atoms with Gasteiger partial charge in [-0.15, -0.1) is 0 Å². The van der Waals surface area contributed by atoms with Crippen molar-refractivity contribution in [3.8, 4) is 11.4 Å². The zero-order valence-electron chi connectivity index (χ0n) is 17.6. The molecule has 0 radical (unpaired) electrons. The number of aliphatic hydroxyl groups excluding tert-OH is 1. The summed E-state index contributed by atoms with van der Waals surface area (Å²) in [4.78, 5) is 27.4. The molecule has 164 valence electrons. The Hall–Kier alpha value is -3.43. The molecule has 0 saturated heterocycles. The van der Waals surface area contributed by atoms with Crippen LogP contribution in [0.15, 0.2) is 62.9 Å². The predicted molar refractivity (Wildman–Crippen MR) is 131 cm³/mol. The van der Waals surface area contributed by atoms with Gasteiger partial charge in [-0.25, -0.2) is 4.98 Å². The smallest absolute Gasteiger partial charge is 0.261 e. The summed E-state index contributed by atoms with van der Waals surface area (Å²) < 4.78 is 0.818. The quantitative estimate of drug-likeness (QED) is 0.207.